The Balaban J connectivity index is 0.000000527. The van der Waals surface area contributed by atoms with Crippen molar-refractivity contribution in [3.8, 4) is 22.6 Å². The molecule has 0 atom stereocenters. The zero-order chi connectivity index (χ0) is 25.0. The molecule has 0 aromatic heterocycles. The number of carboxylic acid groups (broad SMARTS) is 1. The van der Waals surface area contributed by atoms with Crippen LogP contribution in [0.3, 0.4) is 0 Å². The fourth-order valence-corrected chi connectivity index (χ4v) is 4.61. The highest BCUT2D eigenvalue weighted by Crippen LogP contribution is 2.56. The van der Waals surface area contributed by atoms with E-state index in [4.69, 9.17) is 14.0 Å². The van der Waals surface area contributed by atoms with Crippen molar-refractivity contribution in [2.45, 2.75) is 18.5 Å². The van der Waals surface area contributed by atoms with Gasteiger partial charge in [0.1, 0.15) is 22.0 Å². The molecule has 1 aliphatic rings. The summed E-state index contributed by atoms with van der Waals surface area (Å²) in [6.07, 6.45) is -1.34. The first kappa shape index (κ1) is 24.5. The topological polar surface area (TPSA) is 76.0 Å². The van der Waals surface area contributed by atoms with Crippen molar-refractivity contribution in [1.29, 1.82) is 0 Å². The standard InChI is InChI=1S/C26H18O4.C2H10OSi2/c27-19-13-9-17(10-14-19)26(18-11-15-20(16-12-18)30-25(28)29)23-7-3-1-5-21(23)22-6-2-4-8-24(22)26;1-5(2)3-4/h1-16,27H,(H,28,29);5H,1-2,4H3. The molecule has 1 aliphatic carbocycles. The van der Waals surface area contributed by atoms with Crippen LogP contribution in [0.1, 0.15) is 22.3 Å². The van der Waals surface area contributed by atoms with Crippen LogP contribution in [-0.2, 0) is 9.53 Å². The molecule has 0 unspecified atom stereocenters. The zero-order valence-corrected chi connectivity index (χ0v) is 23.1. The summed E-state index contributed by atoms with van der Waals surface area (Å²) in [5.41, 5.74) is 6.02. The highest BCUT2D eigenvalue weighted by Gasteiger charge is 2.45. The molecule has 0 radical (unpaired) electrons. The number of phenols is 1. The Kier molecular flexibility index (Phi) is 7.21. The summed E-state index contributed by atoms with van der Waals surface area (Å²) in [6.45, 7) is 4.35. The predicted molar refractivity (Wildman–Crippen MR) is 144 cm³/mol. The van der Waals surface area contributed by atoms with Crippen LogP contribution >= 0.6 is 0 Å². The summed E-state index contributed by atoms with van der Waals surface area (Å²) >= 11 is 0. The lowest BCUT2D eigenvalue weighted by Crippen LogP contribution is -2.28. The van der Waals surface area contributed by atoms with Gasteiger partial charge in [-0.05, 0) is 70.7 Å². The number of benzene rings is 4. The van der Waals surface area contributed by atoms with Gasteiger partial charge in [0.15, 0.2) is 9.04 Å². The van der Waals surface area contributed by atoms with Gasteiger partial charge >= 0.3 is 6.16 Å². The molecule has 0 saturated carbocycles. The van der Waals surface area contributed by atoms with Gasteiger partial charge in [0.25, 0.3) is 0 Å². The molecule has 0 fully saturated rings. The smallest absolute Gasteiger partial charge is 0.508 e. The average Bonchev–Trinajstić information content (AvgIpc) is 3.16. The normalized spacial score (nSPS) is 12.9. The third kappa shape index (κ3) is 4.66. The Morgan fingerprint density at radius 2 is 1.20 bits per heavy atom. The number of ether oxygens (including phenoxy) is 1. The number of hydrogen-bond acceptors (Lipinski definition) is 4. The minimum Gasteiger partial charge on any atom is -0.508 e. The second kappa shape index (κ2) is 10.3. The third-order valence-electron chi connectivity index (χ3n) is 6.22. The van der Waals surface area contributed by atoms with Gasteiger partial charge in [-0.3, -0.25) is 0 Å². The van der Waals surface area contributed by atoms with E-state index in [1.54, 1.807) is 24.3 Å². The zero-order valence-electron chi connectivity index (χ0n) is 19.9. The Hall–Kier alpha value is -3.66. The van der Waals surface area contributed by atoms with Gasteiger partial charge in [-0.25, -0.2) is 4.79 Å². The summed E-state index contributed by atoms with van der Waals surface area (Å²) in [7, 11) is 0.347. The Labute approximate surface area is 209 Å². The molecule has 4 aromatic carbocycles. The summed E-state index contributed by atoms with van der Waals surface area (Å²) in [5.74, 6) is 0.477. The minimum absolute atomic E-state index is 0.207. The van der Waals surface area contributed by atoms with Gasteiger partial charge in [0.2, 0.25) is 0 Å². The Morgan fingerprint density at radius 1 is 0.771 bits per heavy atom. The van der Waals surface area contributed by atoms with Crippen molar-refractivity contribution in [2.75, 3.05) is 0 Å². The van der Waals surface area contributed by atoms with Gasteiger partial charge in [-0.15, -0.1) is 0 Å². The number of phenolic OH excluding ortho intramolecular Hbond substituents is 1. The van der Waals surface area contributed by atoms with E-state index in [1.807, 2.05) is 48.5 Å². The first-order valence-corrected chi connectivity index (χ1v) is 15.0. The molecule has 0 amide bonds. The van der Waals surface area contributed by atoms with Gasteiger partial charge < -0.3 is 19.1 Å². The van der Waals surface area contributed by atoms with E-state index in [-0.39, 0.29) is 11.5 Å². The van der Waals surface area contributed by atoms with E-state index in [2.05, 4.69) is 37.4 Å². The molecule has 7 heteroatoms. The van der Waals surface area contributed by atoms with Crippen LogP contribution in [0, 0.1) is 0 Å². The SMILES string of the molecule is C[SiH](C)O[SiH3].O=C(O)Oc1ccc(C2(c3ccc(O)cc3)c3ccccc3-c3ccccc32)cc1. The van der Waals surface area contributed by atoms with Crippen LogP contribution in [0.4, 0.5) is 4.79 Å². The molecule has 0 spiro atoms. The van der Waals surface area contributed by atoms with Gasteiger partial charge in [-0.2, -0.15) is 0 Å². The second-order valence-corrected chi connectivity index (χ2v) is 12.5. The first-order valence-electron chi connectivity index (χ1n) is 11.4. The van der Waals surface area contributed by atoms with Crippen molar-refractivity contribution in [1.82, 2.24) is 0 Å². The Morgan fingerprint density at radius 3 is 1.63 bits per heavy atom. The van der Waals surface area contributed by atoms with Crippen molar-refractivity contribution in [3.63, 3.8) is 0 Å². The van der Waals surface area contributed by atoms with Crippen molar-refractivity contribution >= 4 is 25.7 Å². The Bertz CT molecular complexity index is 1270. The lowest BCUT2D eigenvalue weighted by atomic mass is 9.68. The number of aromatic hydroxyl groups is 1. The fourth-order valence-electron chi connectivity index (χ4n) is 4.61. The van der Waals surface area contributed by atoms with Crippen molar-refractivity contribution in [2.24, 2.45) is 0 Å². The maximum Gasteiger partial charge on any atom is 0.511 e. The molecule has 2 N–H and O–H groups in total. The monoisotopic (exact) mass is 500 g/mol. The summed E-state index contributed by atoms with van der Waals surface area (Å²) in [6, 6.07) is 31.1. The predicted octanol–water partition coefficient (Wildman–Crippen LogP) is 5.08. The highest BCUT2D eigenvalue weighted by molar-refractivity contribution is 6.52. The van der Waals surface area contributed by atoms with Crippen LogP contribution in [0.5, 0.6) is 11.5 Å². The lowest BCUT2D eigenvalue weighted by molar-refractivity contribution is 0.144. The number of rotatable bonds is 4. The number of carbonyl (C=O) groups is 1. The molecule has 35 heavy (non-hydrogen) atoms. The van der Waals surface area contributed by atoms with E-state index in [0.29, 0.717) is 0 Å². The minimum atomic E-state index is -1.34. The van der Waals surface area contributed by atoms with Crippen LogP contribution in [0.15, 0.2) is 97.1 Å². The molecule has 178 valence electrons. The molecular weight excluding hydrogens is 472 g/mol. The quantitative estimate of drug-likeness (QED) is 0.204. The molecule has 5 nitrogen and oxygen atoms in total. The van der Waals surface area contributed by atoms with E-state index in [0.717, 1.165) is 43.9 Å². The van der Waals surface area contributed by atoms with Crippen LogP contribution in [-0.4, -0.2) is 35.9 Å². The largest absolute Gasteiger partial charge is 0.511 e. The van der Waals surface area contributed by atoms with E-state index >= 15 is 0 Å². The molecule has 0 bridgehead atoms. The lowest BCUT2D eigenvalue weighted by Gasteiger charge is -2.33. The molecule has 0 heterocycles. The van der Waals surface area contributed by atoms with E-state index in [9.17, 15) is 9.90 Å². The summed E-state index contributed by atoms with van der Waals surface area (Å²) in [5, 5.41) is 18.8. The average molecular weight is 501 g/mol. The maximum absolute atomic E-state index is 10.9. The van der Waals surface area contributed by atoms with Gasteiger partial charge in [0, 0.05) is 0 Å². The second-order valence-electron chi connectivity index (χ2n) is 8.56. The fraction of sp³-hybridized carbons (Fsp3) is 0.107. The van der Waals surface area contributed by atoms with Crippen molar-refractivity contribution < 1.29 is 23.9 Å². The molecular formula is C28H28O5Si2. The molecule has 4 aromatic rings. The number of fused-ring (bicyclic) bond motifs is 3. The van der Waals surface area contributed by atoms with Crippen molar-refractivity contribution in [3.05, 3.63) is 119 Å². The highest BCUT2D eigenvalue weighted by atomic mass is 28.3. The van der Waals surface area contributed by atoms with Crippen LogP contribution in [0.2, 0.25) is 13.1 Å². The van der Waals surface area contributed by atoms with E-state index < -0.39 is 20.6 Å². The summed E-state index contributed by atoms with van der Waals surface area (Å²) in [4.78, 5) is 10.9. The number of hydrogen-bond donors (Lipinski definition) is 2. The molecule has 0 aliphatic heterocycles. The van der Waals surface area contributed by atoms with Crippen LogP contribution < -0.4 is 4.74 Å². The molecule has 0 saturated heterocycles. The molecule has 5 rings (SSSR count). The third-order valence-corrected chi connectivity index (χ3v) is 9.99. The van der Waals surface area contributed by atoms with E-state index in [1.165, 1.54) is 0 Å². The van der Waals surface area contributed by atoms with Crippen LogP contribution in [0.25, 0.3) is 11.1 Å². The maximum atomic E-state index is 10.9. The van der Waals surface area contributed by atoms with Gasteiger partial charge in [0.05, 0.1) is 5.41 Å². The summed E-state index contributed by atoms with van der Waals surface area (Å²) < 4.78 is 9.84. The van der Waals surface area contributed by atoms with Gasteiger partial charge in [-0.1, -0.05) is 72.8 Å². The first-order chi connectivity index (χ1) is 16.9.